The minimum absolute atomic E-state index is 0.0624. The Kier molecular flexibility index (Phi) is 8.04. The molecule has 0 radical (unpaired) electrons. The van der Waals surface area contributed by atoms with Crippen molar-refractivity contribution in [2.24, 2.45) is 0 Å². The van der Waals surface area contributed by atoms with Crippen LogP contribution in [0.1, 0.15) is 18.9 Å². The van der Waals surface area contributed by atoms with Crippen molar-refractivity contribution in [1.29, 1.82) is 0 Å². The molecule has 0 aromatic heterocycles. The maximum absolute atomic E-state index is 12.3. The zero-order chi connectivity index (χ0) is 22.1. The topological polar surface area (TPSA) is 139 Å². The number of Topliss-reactive ketones (excluding diaryl/α,β-unsaturated/α-hetero) is 1. The van der Waals surface area contributed by atoms with Crippen LogP contribution in [0.25, 0.3) is 10.8 Å². The highest BCUT2D eigenvalue weighted by molar-refractivity contribution is 5.95. The molecule has 2 rings (SSSR count). The average molecular weight is 414 g/mol. The van der Waals surface area contributed by atoms with Gasteiger partial charge >= 0.3 is 11.9 Å². The van der Waals surface area contributed by atoms with Gasteiger partial charge in [0.1, 0.15) is 6.04 Å². The summed E-state index contributed by atoms with van der Waals surface area (Å²) in [7, 11) is 0. The second-order valence-electron chi connectivity index (χ2n) is 6.57. The van der Waals surface area contributed by atoms with E-state index in [0.29, 0.717) is 0 Å². The van der Waals surface area contributed by atoms with Crippen LogP contribution in [0.5, 0.6) is 0 Å². The number of aliphatic carboxylic acids is 1. The van der Waals surface area contributed by atoms with Crippen LogP contribution in [0.3, 0.4) is 0 Å². The highest BCUT2D eigenvalue weighted by atomic mass is 16.5. The van der Waals surface area contributed by atoms with Crippen molar-refractivity contribution < 1.29 is 33.8 Å². The van der Waals surface area contributed by atoms with E-state index < -0.39 is 55.2 Å². The van der Waals surface area contributed by atoms with Gasteiger partial charge < -0.3 is 20.5 Å². The minimum atomic E-state index is -1.38. The molecular weight excluding hydrogens is 392 g/mol. The third-order valence-electron chi connectivity index (χ3n) is 4.19. The van der Waals surface area contributed by atoms with Gasteiger partial charge in [0.15, 0.2) is 12.4 Å². The monoisotopic (exact) mass is 414 g/mol. The molecule has 2 aromatic carbocycles. The Morgan fingerprint density at radius 1 is 1.03 bits per heavy atom. The summed E-state index contributed by atoms with van der Waals surface area (Å²) in [4.78, 5) is 58.1. The number of ether oxygens (including phenoxy) is 1. The number of carbonyl (C=O) groups is 5. The number of carbonyl (C=O) groups excluding carboxylic acids is 4. The maximum atomic E-state index is 12.3. The summed E-state index contributed by atoms with van der Waals surface area (Å²) in [6, 6.07) is 11.6. The molecule has 9 nitrogen and oxygen atoms in total. The van der Waals surface area contributed by atoms with Crippen LogP contribution in [-0.4, -0.2) is 53.8 Å². The molecule has 0 heterocycles. The molecule has 9 heteroatoms. The smallest absolute Gasteiger partial charge is 0.310 e. The Morgan fingerprint density at radius 3 is 2.43 bits per heavy atom. The van der Waals surface area contributed by atoms with E-state index in [0.717, 1.165) is 16.3 Å². The summed E-state index contributed by atoms with van der Waals surface area (Å²) in [6.45, 7) is 0.129. The first-order chi connectivity index (χ1) is 14.3. The average Bonchev–Trinajstić information content (AvgIpc) is 2.70. The van der Waals surface area contributed by atoms with Gasteiger partial charge in [0.05, 0.1) is 19.4 Å². The van der Waals surface area contributed by atoms with E-state index in [9.17, 15) is 24.0 Å². The Hall–Kier alpha value is -3.75. The van der Waals surface area contributed by atoms with Crippen LogP contribution in [0.15, 0.2) is 42.5 Å². The lowest BCUT2D eigenvalue weighted by Crippen LogP contribution is -2.47. The maximum Gasteiger partial charge on any atom is 0.310 e. The van der Waals surface area contributed by atoms with Crippen molar-refractivity contribution in [3.63, 3.8) is 0 Å². The standard InChI is InChI=1S/C21H22N2O7/c1-13(24)22-11-19(26)23-17(10-20(27)28)18(25)12-30-21(29)9-15-7-4-6-14-5-2-3-8-16(14)15/h2-8,17H,9-12H2,1H3,(H,22,24)(H,23,26)(H,27,28). The fraction of sp³-hybridized carbons (Fsp3) is 0.286. The van der Waals surface area contributed by atoms with E-state index in [1.807, 2.05) is 36.4 Å². The molecule has 1 atom stereocenters. The largest absolute Gasteiger partial charge is 0.481 e. The van der Waals surface area contributed by atoms with E-state index in [1.54, 1.807) is 6.07 Å². The molecule has 3 N–H and O–H groups in total. The van der Waals surface area contributed by atoms with Crippen molar-refractivity contribution in [1.82, 2.24) is 10.6 Å². The van der Waals surface area contributed by atoms with Gasteiger partial charge in [0.2, 0.25) is 11.8 Å². The van der Waals surface area contributed by atoms with Gasteiger partial charge in [-0.05, 0) is 16.3 Å². The first-order valence-electron chi connectivity index (χ1n) is 9.17. The summed E-state index contributed by atoms with van der Waals surface area (Å²) in [6.07, 6.45) is -0.737. The normalized spacial score (nSPS) is 11.4. The number of carboxylic acids is 1. The van der Waals surface area contributed by atoms with Crippen LogP contribution in [0.2, 0.25) is 0 Å². The number of amides is 2. The summed E-state index contributed by atoms with van der Waals surface area (Å²) in [5, 5.41) is 15.3. The predicted octanol–water partition coefficient (Wildman–Crippen LogP) is 0.590. The molecule has 158 valence electrons. The number of hydrogen-bond donors (Lipinski definition) is 3. The lowest BCUT2D eigenvalue weighted by atomic mass is 10.0. The first-order valence-corrected chi connectivity index (χ1v) is 9.17. The fourth-order valence-electron chi connectivity index (χ4n) is 2.78. The first kappa shape index (κ1) is 22.5. The molecule has 30 heavy (non-hydrogen) atoms. The van der Waals surface area contributed by atoms with Crippen LogP contribution in [-0.2, 0) is 35.1 Å². The van der Waals surface area contributed by atoms with Crippen LogP contribution < -0.4 is 10.6 Å². The summed E-state index contributed by atoms with van der Waals surface area (Å²) in [5.74, 6) is -3.91. The van der Waals surface area contributed by atoms with Crippen molar-refractivity contribution in [2.45, 2.75) is 25.8 Å². The van der Waals surface area contributed by atoms with E-state index in [1.165, 1.54) is 6.92 Å². The molecule has 0 aliphatic rings. The molecular formula is C21H22N2O7. The summed E-state index contributed by atoms with van der Waals surface area (Å²) in [5.41, 5.74) is 0.733. The molecule has 2 aromatic rings. The summed E-state index contributed by atoms with van der Waals surface area (Å²) >= 11 is 0. The molecule has 0 fully saturated rings. The van der Waals surface area contributed by atoms with E-state index in [-0.39, 0.29) is 6.42 Å². The SMILES string of the molecule is CC(=O)NCC(=O)NC(CC(=O)O)C(=O)COC(=O)Cc1cccc2ccccc12. The second-order valence-corrected chi connectivity index (χ2v) is 6.57. The number of esters is 1. The number of carboxylic acid groups (broad SMARTS) is 1. The number of nitrogens with one attached hydrogen (secondary N) is 2. The lowest BCUT2D eigenvalue weighted by Gasteiger charge is -2.16. The predicted molar refractivity (Wildman–Crippen MR) is 106 cm³/mol. The third kappa shape index (κ3) is 7.01. The number of rotatable bonds is 10. The molecule has 1 unspecified atom stereocenters. The lowest BCUT2D eigenvalue weighted by molar-refractivity contribution is -0.148. The van der Waals surface area contributed by atoms with Crippen LogP contribution in [0.4, 0.5) is 0 Å². The van der Waals surface area contributed by atoms with Gasteiger partial charge in [-0.2, -0.15) is 0 Å². The van der Waals surface area contributed by atoms with Crippen molar-refractivity contribution >= 4 is 40.3 Å². The Bertz CT molecular complexity index is 965. The molecule has 0 saturated carbocycles. The molecule has 0 spiro atoms. The molecule has 0 aliphatic carbocycles. The zero-order valence-corrected chi connectivity index (χ0v) is 16.3. The quantitative estimate of drug-likeness (QED) is 0.484. The third-order valence-corrected chi connectivity index (χ3v) is 4.19. The highest BCUT2D eigenvalue weighted by Crippen LogP contribution is 2.19. The number of ketones is 1. The van der Waals surface area contributed by atoms with Gasteiger partial charge in [-0.15, -0.1) is 0 Å². The van der Waals surface area contributed by atoms with E-state index in [2.05, 4.69) is 10.6 Å². The zero-order valence-electron chi connectivity index (χ0n) is 16.3. The highest BCUT2D eigenvalue weighted by Gasteiger charge is 2.25. The van der Waals surface area contributed by atoms with Gasteiger partial charge in [-0.3, -0.25) is 24.0 Å². The molecule has 0 saturated heterocycles. The Labute approximate surface area is 172 Å². The Morgan fingerprint density at radius 2 is 1.73 bits per heavy atom. The van der Waals surface area contributed by atoms with Gasteiger partial charge in [-0.1, -0.05) is 42.5 Å². The van der Waals surface area contributed by atoms with E-state index >= 15 is 0 Å². The van der Waals surface area contributed by atoms with Gasteiger partial charge in [0, 0.05) is 6.92 Å². The summed E-state index contributed by atoms with van der Waals surface area (Å²) < 4.78 is 5.00. The molecule has 0 bridgehead atoms. The van der Waals surface area contributed by atoms with Gasteiger partial charge in [-0.25, -0.2) is 0 Å². The van der Waals surface area contributed by atoms with Crippen molar-refractivity contribution in [3.8, 4) is 0 Å². The minimum Gasteiger partial charge on any atom is -0.481 e. The van der Waals surface area contributed by atoms with Crippen LogP contribution >= 0.6 is 0 Å². The molecule has 0 aliphatic heterocycles. The number of fused-ring (bicyclic) bond motifs is 1. The number of benzene rings is 2. The Balaban J connectivity index is 1.94. The number of hydrogen-bond acceptors (Lipinski definition) is 6. The van der Waals surface area contributed by atoms with E-state index in [4.69, 9.17) is 9.84 Å². The fourth-order valence-corrected chi connectivity index (χ4v) is 2.78. The van der Waals surface area contributed by atoms with Crippen molar-refractivity contribution in [2.75, 3.05) is 13.2 Å². The van der Waals surface area contributed by atoms with Crippen LogP contribution in [0, 0.1) is 0 Å². The van der Waals surface area contributed by atoms with Gasteiger partial charge in [0.25, 0.3) is 0 Å². The molecule has 2 amide bonds. The second kappa shape index (κ2) is 10.7. The van der Waals surface area contributed by atoms with Crippen molar-refractivity contribution in [3.05, 3.63) is 48.0 Å².